The molecule has 0 amide bonds. The van der Waals surface area contributed by atoms with E-state index >= 15 is 0 Å². The SMILES string of the molecule is C1=Cc2ccccc2C(c2c(P(c3ccccc3)c3ccccc3)ccc3ccccc23)N1. The van der Waals surface area contributed by atoms with Crippen LogP contribution in [0.1, 0.15) is 22.7 Å². The van der Waals surface area contributed by atoms with E-state index in [9.17, 15) is 0 Å². The summed E-state index contributed by atoms with van der Waals surface area (Å²) in [7, 11) is -0.718. The summed E-state index contributed by atoms with van der Waals surface area (Å²) in [6.07, 6.45) is 4.28. The molecule has 1 aliphatic heterocycles. The van der Waals surface area contributed by atoms with E-state index in [1.165, 1.54) is 43.4 Å². The average molecular weight is 442 g/mol. The van der Waals surface area contributed by atoms with Crippen molar-refractivity contribution in [2.24, 2.45) is 0 Å². The van der Waals surface area contributed by atoms with Crippen LogP contribution in [0.3, 0.4) is 0 Å². The first-order valence-corrected chi connectivity index (χ1v) is 12.7. The van der Waals surface area contributed by atoms with Gasteiger partial charge in [-0.05, 0) is 63.6 Å². The zero-order chi connectivity index (χ0) is 22.0. The summed E-state index contributed by atoms with van der Waals surface area (Å²) in [5, 5.41) is 10.5. The predicted molar refractivity (Wildman–Crippen MR) is 143 cm³/mol. The Balaban J connectivity index is 1.66. The van der Waals surface area contributed by atoms with Gasteiger partial charge in [-0.25, -0.2) is 0 Å². The lowest BCUT2D eigenvalue weighted by Gasteiger charge is -2.30. The molecular formula is C31H24NP. The minimum absolute atomic E-state index is 0.102. The summed E-state index contributed by atoms with van der Waals surface area (Å²) in [5.41, 5.74) is 3.99. The Labute approximate surface area is 196 Å². The van der Waals surface area contributed by atoms with E-state index in [4.69, 9.17) is 0 Å². The summed E-state index contributed by atoms with van der Waals surface area (Å²) in [5.74, 6) is 0. The molecule has 0 aromatic heterocycles. The first-order chi connectivity index (χ1) is 16.4. The van der Waals surface area contributed by atoms with Crippen molar-refractivity contribution in [1.82, 2.24) is 5.32 Å². The number of hydrogen-bond acceptors (Lipinski definition) is 1. The lowest BCUT2D eigenvalue weighted by atomic mass is 9.89. The zero-order valence-electron chi connectivity index (χ0n) is 18.2. The van der Waals surface area contributed by atoms with Crippen molar-refractivity contribution in [3.8, 4) is 0 Å². The zero-order valence-corrected chi connectivity index (χ0v) is 19.1. The molecule has 0 fully saturated rings. The first kappa shape index (κ1) is 20.0. The monoisotopic (exact) mass is 441 g/mol. The van der Waals surface area contributed by atoms with Crippen molar-refractivity contribution < 1.29 is 0 Å². The first-order valence-electron chi connectivity index (χ1n) is 11.3. The van der Waals surface area contributed by atoms with E-state index in [-0.39, 0.29) is 6.04 Å². The van der Waals surface area contributed by atoms with E-state index in [0.717, 1.165) is 0 Å². The van der Waals surface area contributed by atoms with Gasteiger partial charge in [-0.3, -0.25) is 0 Å². The quantitative estimate of drug-likeness (QED) is 0.325. The topological polar surface area (TPSA) is 12.0 Å². The van der Waals surface area contributed by atoms with Gasteiger partial charge in [-0.2, -0.15) is 0 Å². The maximum absolute atomic E-state index is 3.71. The van der Waals surface area contributed by atoms with Crippen LogP contribution in [0.25, 0.3) is 16.8 Å². The van der Waals surface area contributed by atoms with Gasteiger partial charge in [-0.15, -0.1) is 0 Å². The minimum Gasteiger partial charge on any atom is -0.380 e. The van der Waals surface area contributed by atoms with Crippen LogP contribution >= 0.6 is 7.92 Å². The number of hydrogen-bond donors (Lipinski definition) is 1. The van der Waals surface area contributed by atoms with Crippen molar-refractivity contribution in [3.05, 3.63) is 144 Å². The highest BCUT2D eigenvalue weighted by molar-refractivity contribution is 7.80. The second-order valence-corrected chi connectivity index (χ2v) is 10.5. The smallest absolute Gasteiger partial charge is 0.0780 e. The van der Waals surface area contributed by atoms with Gasteiger partial charge in [0.05, 0.1) is 6.04 Å². The molecule has 0 bridgehead atoms. The summed E-state index contributed by atoms with van der Waals surface area (Å²) >= 11 is 0. The van der Waals surface area contributed by atoms with Gasteiger partial charge in [0, 0.05) is 0 Å². The normalized spacial score (nSPS) is 14.8. The van der Waals surface area contributed by atoms with E-state index in [0.29, 0.717) is 0 Å². The Morgan fingerprint density at radius 2 is 1.21 bits per heavy atom. The van der Waals surface area contributed by atoms with Crippen molar-refractivity contribution in [2.75, 3.05) is 0 Å². The Morgan fingerprint density at radius 3 is 1.97 bits per heavy atom. The molecule has 2 heteroatoms. The molecule has 0 spiro atoms. The number of rotatable bonds is 4. The van der Waals surface area contributed by atoms with Gasteiger partial charge in [0.15, 0.2) is 0 Å². The second kappa shape index (κ2) is 8.70. The number of nitrogens with one attached hydrogen (secondary N) is 1. The maximum Gasteiger partial charge on any atom is 0.0780 e. The van der Waals surface area contributed by atoms with Gasteiger partial charge in [0.25, 0.3) is 0 Å². The Kier molecular flexibility index (Phi) is 5.26. The standard InChI is InChI=1S/C31H24NP/c1-3-13-25(14-4-1)33(26-15-5-2-6-16-26)29-20-19-23-11-7-9-17-27(23)30(29)31-28-18-10-8-12-24(28)21-22-32-31/h1-22,31-32H. The Morgan fingerprint density at radius 1 is 0.576 bits per heavy atom. The van der Waals surface area contributed by atoms with Crippen LogP contribution in [0, 0.1) is 0 Å². The number of fused-ring (bicyclic) bond motifs is 2. The van der Waals surface area contributed by atoms with Crippen LogP contribution in [-0.4, -0.2) is 0 Å². The molecule has 158 valence electrons. The minimum atomic E-state index is -0.718. The molecular weight excluding hydrogens is 417 g/mol. The molecule has 5 aromatic carbocycles. The molecule has 33 heavy (non-hydrogen) atoms. The van der Waals surface area contributed by atoms with Gasteiger partial charge < -0.3 is 5.32 Å². The fourth-order valence-electron chi connectivity index (χ4n) is 4.85. The van der Waals surface area contributed by atoms with Gasteiger partial charge >= 0.3 is 0 Å². The van der Waals surface area contributed by atoms with Crippen LogP contribution in [-0.2, 0) is 0 Å². The molecule has 1 N–H and O–H groups in total. The summed E-state index contributed by atoms with van der Waals surface area (Å²) in [4.78, 5) is 0. The molecule has 1 unspecified atom stereocenters. The molecule has 0 aliphatic carbocycles. The third kappa shape index (κ3) is 3.65. The van der Waals surface area contributed by atoms with Gasteiger partial charge in [-0.1, -0.05) is 121 Å². The van der Waals surface area contributed by atoms with Crippen molar-refractivity contribution in [3.63, 3.8) is 0 Å². The van der Waals surface area contributed by atoms with Crippen LogP contribution in [0.2, 0.25) is 0 Å². The third-order valence-corrected chi connectivity index (χ3v) is 8.84. The molecule has 5 aromatic rings. The fourth-order valence-corrected chi connectivity index (χ4v) is 7.36. The third-order valence-electron chi connectivity index (χ3n) is 6.34. The van der Waals surface area contributed by atoms with Crippen molar-refractivity contribution >= 4 is 40.7 Å². The average Bonchev–Trinajstić information content (AvgIpc) is 2.90. The highest BCUT2D eigenvalue weighted by atomic mass is 31.1. The van der Waals surface area contributed by atoms with E-state index in [2.05, 4.69) is 139 Å². The van der Waals surface area contributed by atoms with Gasteiger partial charge in [0.2, 0.25) is 0 Å². The van der Waals surface area contributed by atoms with E-state index < -0.39 is 7.92 Å². The Hall–Kier alpha value is -3.67. The fraction of sp³-hybridized carbons (Fsp3) is 0.0323. The lowest BCUT2D eigenvalue weighted by molar-refractivity contribution is 0.730. The van der Waals surface area contributed by atoms with Crippen LogP contribution in [0.15, 0.2) is 128 Å². The van der Waals surface area contributed by atoms with Crippen molar-refractivity contribution in [2.45, 2.75) is 6.04 Å². The summed E-state index contributed by atoms with van der Waals surface area (Å²) in [6.45, 7) is 0. The van der Waals surface area contributed by atoms with E-state index in [1.54, 1.807) is 0 Å². The summed E-state index contributed by atoms with van der Waals surface area (Å²) in [6, 6.07) is 44.2. The molecule has 0 saturated carbocycles. The molecule has 0 radical (unpaired) electrons. The highest BCUT2D eigenvalue weighted by Crippen LogP contribution is 2.41. The predicted octanol–water partition coefficient (Wildman–Crippen LogP) is 6.26. The molecule has 0 saturated heterocycles. The van der Waals surface area contributed by atoms with Crippen LogP contribution in [0.4, 0.5) is 0 Å². The number of benzene rings is 5. The second-order valence-electron chi connectivity index (χ2n) is 8.29. The largest absolute Gasteiger partial charge is 0.380 e. The van der Waals surface area contributed by atoms with E-state index in [1.807, 2.05) is 0 Å². The van der Waals surface area contributed by atoms with Gasteiger partial charge in [0.1, 0.15) is 0 Å². The highest BCUT2D eigenvalue weighted by Gasteiger charge is 2.27. The summed E-state index contributed by atoms with van der Waals surface area (Å²) < 4.78 is 0. The van der Waals surface area contributed by atoms with Crippen LogP contribution < -0.4 is 21.2 Å². The molecule has 1 heterocycles. The molecule has 1 aliphatic rings. The van der Waals surface area contributed by atoms with Crippen LogP contribution in [0.5, 0.6) is 0 Å². The van der Waals surface area contributed by atoms with Crippen molar-refractivity contribution in [1.29, 1.82) is 0 Å². The maximum atomic E-state index is 3.71. The molecule has 1 nitrogen and oxygen atoms in total. The Bertz CT molecular complexity index is 1400. The molecule has 6 rings (SSSR count). The lowest BCUT2D eigenvalue weighted by Crippen LogP contribution is -2.30. The molecule has 1 atom stereocenters.